The molecule has 0 saturated heterocycles. The van der Waals surface area contributed by atoms with E-state index in [2.05, 4.69) is 9.88 Å². The molecule has 3 aromatic carbocycles. The van der Waals surface area contributed by atoms with Crippen molar-refractivity contribution in [2.75, 3.05) is 18.9 Å². The van der Waals surface area contributed by atoms with Gasteiger partial charge in [0.2, 0.25) is 0 Å². The summed E-state index contributed by atoms with van der Waals surface area (Å²) >= 11 is 0. The van der Waals surface area contributed by atoms with E-state index in [9.17, 15) is 8.42 Å². The third-order valence-electron chi connectivity index (χ3n) is 6.63. The topological polar surface area (TPSA) is 99.9 Å². The van der Waals surface area contributed by atoms with E-state index in [1.807, 2.05) is 52.0 Å². The number of sulfonamides is 1. The Kier molecular flexibility index (Phi) is 7.97. The Labute approximate surface area is 223 Å². The van der Waals surface area contributed by atoms with Crippen LogP contribution >= 0.6 is 0 Å². The lowest BCUT2D eigenvalue weighted by molar-refractivity contribution is 0.296. The zero-order chi connectivity index (χ0) is 27.4. The molecule has 0 radical (unpaired) electrons. The van der Waals surface area contributed by atoms with E-state index in [1.54, 1.807) is 44.6 Å². The van der Waals surface area contributed by atoms with Crippen molar-refractivity contribution in [3.05, 3.63) is 93.9 Å². The highest BCUT2D eigenvalue weighted by molar-refractivity contribution is 7.92. The molecule has 0 amide bonds. The van der Waals surface area contributed by atoms with Gasteiger partial charge in [0.25, 0.3) is 10.0 Å². The molecule has 1 heterocycles. The average Bonchev–Trinajstić information content (AvgIpc) is 3.24. The van der Waals surface area contributed by atoms with E-state index in [0.717, 1.165) is 33.5 Å². The van der Waals surface area contributed by atoms with Gasteiger partial charge in [-0.05, 0) is 68.7 Å². The molecular formula is C29H32N2O6S. The van der Waals surface area contributed by atoms with Crippen LogP contribution in [0.1, 0.15) is 39.3 Å². The van der Waals surface area contributed by atoms with E-state index in [1.165, 1.54) is 0 Å². The van der Waals surface area contributed by atoms with Crippen molar-refractivity contribution < 1.29 is 27.2 Å². The third-order valence-corrected chi connectivity index (χ3v) is 8.01. The van der Waals surface area contributed by atoms with Crippen LogP contribution < -0.4 is 18.9 Å². The van der Waals surface area contributed by atoms with Gasteiger partial charge in [-0.25, -0.2) is 8.42 Å². The maximum Gasteiger partial charge on any atom is 0.261 e. The lowest BCUT2D eigenvalue weighted by Crippen LogP contribution is -2.15. The molecule has 4 aromatic rings. The molecular weight excluding hydrogens is 504 g/mol. The standard InChI is InChI=1S/C29H32N2O6S/c1-18-19(2)29(36-17-26-20(3)30-37-21(26)4)23(14-22-12-13-24(34-5)16-28(22)35-6)15-27(18)31-38(32,33)25-10-8-7-9-11-25/h7-13,15-16,31H,14,17H2,1-6H3. The first-order chi connectivity index (χ1) is 18.1. The molecule has 0 atom stereocenters. The lowest BCUT2D eigenvalue weighted by atomic mass is 9.96. The summed E-state index contributed by atoms with van der Waals surface area (Å²) in [6, 6.07) is 15.7. The van der Waals surface area contributed by atoms with Gasteiger partial charge in [0.15, 0.2) is 0 Å². The van der Waals surface area contributed by atoms with Gasteiger partial charge in [-0.3, -0.25) is 4.72 Å². The molecule has 1 N–H and O–H groups in total. The highest BCUT2D eigenvalue weighted by Crippen LogP contribution is 2.37. The fourth-order valence-electron chi connectivity index (χ4n) is 4.26. The Morgan fingerprint density at radius 1 is 0.895 bits per heavy atom. The molecule has 0 aliphatic carbocycles. The van der Waals surface area contributed by atoms with Crippen molar-refractivity contribution in [3.8, 4) is 17.2 Å². The fourth-order valence-corrected chi connectivity index (χ4v) is 5.39. The third kappa shape index (κ3) is 5.62. The van der Waals surface area contributed by atoms with Gasteiger partial charge >= 0.3 is 0 Å². The Morgan fingerprint density at radius 2 is 1.63 bits per heavy atom. The number of methoxy groups -OCH3 is 2. The van der Waals surface area contributed by atoms with Crippen LogP contribution in [0.4, 0.5) is 5.69 Å². The Hall–Kier alpha value is -3.98. The molecule has 0 saturated carbocycles. The molecule has 0 fully saturated rings. The van der Waals surface area contributed by atoms with Gasteiger partial charge in [0.05, 0.1) is 36.1 Å². The second kappa shape index (κ2) is 11.2. The number of nitrogens with zero attached hydrogens (tertiary/aromatic N) is 1. The maximum atomic E-state index is 13.2. The van der Waals surface area contributed by atoms with Crippen molar-refractivity contribution in [1.29, 1.82) is 0 Å². The van der Waals surface area contributed by atoms with Crippen LogP contribution in [0.3, 0.4) is 0 Å². The number of hydrogen-bond donors (Lipinski definition) is 1. The summed E-state index contributed by atoms with van der Waals surface area (Å²) in [7, 11) is -0.584. The zero-order valence-corrected chi connectivity index (χ0v) is 23.2. The molecule has 200 valence electrons. The zero-order valence-electron chi connectivity index (χ0n) is 22.4. The van der Waals surface area contributed by atoms with Gasteiger partial charge in [-0.15, -0.1) is 0 Å². The molecule has 4 rings (SSSR count). The Morgan fingerprint density at radius 3 is 2.26 bits per heavy atom. The van der Waals surface area contributed by atoms with Crippen molar-refractivity contribution >= 4 is 15.7 Å². The minimum atomic E-state index is -3.79. The molecule has 1 aromatic heterocycles. The molecule has 0 bridgehead atoms. The van der Waals surface area contributed by atoms with Crippen molar-refractivity contribution in [3.63, 3.8) is 0 Å². The number of anilines is 1. The van der Waals surface area contributed by atoms with Crippen LogP contribution in [0.2, 0.25) is 0 Å². The summed E-state index contributed by atoms with van der Waals surface area (Å²) in [5.41, 5.74) is 5.42. The minimum Gasteiger partial charge on any atom is -0.497 e. The highest BCUT2D eigenvalue weighted by atomic mass is 32.2. The molecule has 0 unspecified atom stereocenters. The maximum absolute atomic E-state index is 13.2. The van der Waals surface area contributed by atoms with Crippen molar-refractivity contribution in [1.82, 2.24) is 5.16 Å². The van der Waals surface area contributed by atoms with E-state index < -0.39 is 10.0 Å². The summed E-state index contributed by atoms with van der Waals surface area (Å²) in [4.78, 5) is 0.189. The number of aryl methyl sites for hydroxylation is 2. The van der Waals surface area contributed by atoms with Gasteiger partial charge < -0.3 is 18.7 Å². The van der Waals surface area contributed by atoms with Crippen LogP contribution in [0, 0.1) is 27.7 Å². The number of hydrogen-bond acceptors (Lipinski definition) is 7. The number of aromatic nitrogens is 1. The minimum absolute atomic E-state index is 0.189. The Bertz CT molecular complexity index is 1530. The van der Waals surface area contributed by atoms with Gasteiger partial charge in [0, 0.05) is 18.1 Å². The SMILES string of the molecule is COc1ccc(Cc2cc(NS(=O)(=O)c3ccccc3)c(C)c(C)c2OCc2c(C)noc2C)c(OC)c1. The van der Waals surface area contributed by atoms with Crippen LogP contribution in [0.15, 0.2) is 64.0 Å². The van der Waals surface area contributed by atoms with Crippen molar-refractivity contribution in [2.24, 2.45) is 0 Å². The second-order valence-electron chi connectivity index (χ2n) is 9.03. The number of rotatable bonds is 10. The van der Waals surface area contributed by atoms with Gasteiger partial charge in [-0.2, -0.15) is 0 Å². The lowest BCUT2D eigenvalue weighted by Gasteiger charge is -2.21. The molecule has 0 spiro atoms. The van der Waals surface area contributed by atoms with Crippen LogP contribution in [-0.2, 0) is 23.1 Å². The average molecular weight is 537 g/mol. The second-order valence-corrected chi connectivity index (χ2v) is 10.7. The highest BCUT2D eigenvalue weighted by Gasteiger charge is 2.21. The molecule has 0 aliphatic heterocycles. The van der Waals surface area contributed by atoms with Gasteiger partial charge in [0.1, 0.15) is 29.6 Å². The fraction of sp³-hybridized carbons (Fsp3) is 0.276. The molecule has 8 nitrogen and oxygen atoms in total. The summed E-state index contributed by atoms with van der Waals surface area (Å²) in [6.45, 7) is 7.79. The van der Waals surface area contributed by atoms with E-state index in [0.29, 0.717) is 35.1 Å². The smallest absolute Gasteiger partial charge is 0.261 e. The molecule has 9 heteroatoms. The largest absolute Gasteiger partial charge is 0.497 e. The normalized spacial score (nSPS) is 11.3. The van der Waals surface area contributed by atoms with Crippen molar-refractivity contribution in [2.45, 2.75) is 45.6 Å². The summed E-state index contributed by atoms with van der Waals surface area (Å²) < 4.78 is 51.7. The summed E-state index contributed by atoms with van der Waals surface area (Å²) in [5.74, 6) is 2.70. The van der Waals surface area contributed by atoms with Crippen LogP contribution in [0.5, 0.6) is 17.2 Å². The molecule has 0 aliphatic rings. The first-order valence-corrected chi connectivity index (χ1v) is 13.6. The van der Waals surface area contributed by atoms with E-state index in [-0.39, 0.29) is 11.5 Å². The van der Waals surface area contributed by atoms with Crippen LogP contribution in [0.25, 0.3) is 0 Å². The number of benzene rings is 3. The van der Waals surface area contributed by atoms with Gasteiger partial charge in [-0.1, -0.05) is 29.4 Å². The monoisotopic (exact) mass is 536 g/mol. The molecule has 38 heavy (non-hydrogen) atoms. The predicted octanol–water partition coefficient (Wildman–Crippen LogP) is 5.90. The summed E-state index contributed by atoms with van der Waals surface area (Å²) in [5, 5.41) is 4.02. The van der Waals surface area contributed by atoms with E-state index in [4.69, 9.17) is 18.7 Å². The quantitative estimate of drug-likeness (QED) is 0.269. The van der Waals surface area contributed by atoms with Crippen LogP contribution in [-0.4, -0.2) is 27.8 Å². The van der Waals surface area contributed by atoms with E-state index >= 15 is 0 Å². The first kappa shape index (κ1) is 27.1. The summed E-state index contributed by atoms with van der Waals surface area (Å²) in [6.07, 6.45) is 0.436. The predicted molar refractivity (Wildman–Crippen MR) is 146 cm³/mol. The number of nitrogens with one attached hydrogen (secondary N) is 1. The number of ether oxygens (including phenoxy) is 3. The Balaban J connectivity index is 1.78. The first-order valence-electron chi connectivity index (χ1n) is 12.1.